The molecule has 5 aromatic rings. The number of hydrogen-bond acceptors (Lipinski definition) is 0. The van der Waals surface area contributed by atoms with E-state index in [9.17, 15) is 0 Å². The molecule has 2 heteroatoms. The van der Waals surface area contributed by atoms with Crippen LogP contribution >= 0.6 is 0 Å². The van der Waals surface area contributed by atoms with Crippen LogP contribution in [0.1, 0.15) is 122 Å². The van der Waals surface area contributed by atoms with E-state index >= 15 is 0 Å². The van der Waals surface area contributed by atoms with E-state index in [-0.39, 0.29) is 21.8 Å². The second-order valence-electron chi connectivity index (χ2n) is 16.9. The van der Waals surface area contributed by atoms with Gasteiger partial charge in [-0.25, -0.2) is 4.57 Å². The van der Waals surface area contributed by atoms with Crippen LogP contribution in [-0.2, 0) is 35.3 Å². The van der Waals surface area contributed by atoms with Crippen molar-refractivity contribution in [2.45, 2.75) is 128 Å². The van der Waals surface area contributed by atoms with Gasteiger partial charge in [0.2, 0.25) is 11.4 Å². The number of pyridine rings is 2. The predicted octanol–water partition coefficient (Wildman–Crippen LogP) is 11.8. The zero-order valence-electron chi connectivity index (χ0n) is 32.7. The van der Waals surface area contributed by atoms with Crippen LogP contribution in [0.5, 0.6) is 0 Å². The molecule has 2 aliphatic rings. The first-order valence-corrected chi connectivity index (χ1v) is 19.9. The van der Waals surface area contributed by atoms with Gasteiger partial charge in [0.05, 0.1) is 16.4 Å². The summed E-state index contributed by atoms with van der Waals surface area (Å²) in [4.78, 5) is 0. The molecule has 3 atom stereocenters. The van der Waals surface area contributed by atoms with Crippen molar-refractivity contribution in [2.75, 3.05) is 0 Å². The Kier molecular flexibility index (Phi) is 9.36. The molecule has 0 saturated carbocycles. The number of fused-ring (bicyclic) bond motifs is 6. The van der Waals surface area contributed by atoms with Gasteiger partial charge in [-0.3, -0.25) is 0 Å². The van der Waals surface area contributed by atoms with Crippen molar-refractivity contribution in [1.29, 1.82) is 0 Å². The maximum atomic E-state index is 2.70. The molecule has 264 valence electrons. The highest BCUT2D eigenvalue weighted by atomic mass is 15.1. The maximum Gasteiger partial charge on any atom is 0.221 e. The molecule has 2 aromatic heterocycles. The minimum atomic E-state index is -0.230. The molecular formula is C49H60N2+2. The number of aryl methyl sites for hydroxylation is 1. The Morgan fingerprint density at radius 3 is 2.20 bits per heavy atom. The van der Waals surface area contributed by atoms with E-state index in [2.05, 4.69) is 174 Å². The van der Waals surface area contributed by atoms with Gasteiger partial charge >= 0.3 is 0 Å². The first-order valence-electron chi connectivity index (χ1n) is 19.9. The third-order valence-electron chi connectivity index (χ3n) is 13.6. The molecule has 3 heterocycles. The van der Waals surface area contributed by atoms with Crippen LogP contribution in [0, 0.1) is 0 Å². The van der Waals surface area contributed by atoms with E-state index in [0.717, 1.165) is 19.3 Å². The zero-order valence-corrected chi connectivity index (χ0v) is 32.7. The van der Waals surface area contributed by atoms with Gasteiger partial charge in [0, 0.05) is 30.2 Å². The van der Waals surface area contributed by atoms with Gasteiger partial charge in [-0.2, -0.15) is 4.57 Å². The van der Waals surface area contributed by atoms with Crippen LogP contribution in [0.2, 0.25) is 0 Å². The number of allylic oxidation sites excluding steroid dienone is 2. The number of benzene rings is 3. The summed E-state index contributed by atoms with van der Waals surface area (Å²) < 4.78 is 4.93. The van der Waals surface area contributed by atoms with Crippen molar-refractivity contribution in [1.82, 2.24) is 0 Å². The van der Waals surface area contributed by atoms with E-state index < -0.39 is 0 Å². The fourth-order valence-electron chi connectivity index (χ4n) is 10.1. The van der Waals surface area contributed by atoms with Crippen molar-refractivity contribution in [3.8, 4) is 22.5 Å². The summed E-state index contributed by atoms with van der Waals surface area (Å²) in [6.45, 7) is 17.2. The number of aromatic nitrogens is 2. The van der Waals surface area contributed by atoms with Gasteiger partial charge in [0.15, 0.2) is 17.9 Å². The van der Waals surface area contributed by atoms with Crippen molar-refractivity contribution >= 4 is 10.8 Å². The predicted molar refractivity (Wildman–Crippen MR) is 215 cm³/mol. The molecule has 2 nitrogen and oxygen atoms in total. The highest BCUT2D eigenvalue weighted by Crippen LogP contribution is 2.54. The topological polar surface area (TPSA) is 7.76 Å². The van der Waals surface area contributed by atoms with Crippen molar-refractivity contribution < 1.29 is 9.13 Å². The Bertz CT molecular complexity index is 2100. The average Bonchev–Trinajstić information content (AvgIpc) is 3.14. The quantitative estimate of drug-likeness (QED) is 0.0790. The van der Waals surface area contributed by atoms with Crippen LogP contribution in [0.4, 0.5) is 0 Å². The summed E-state index contributed by atoms with van der Waals surface area (Å²) in [5, 5.41) is 2.79. The molecule has 1 aliphatic heterocycles. The smallest absolute Gasteiger partial charge is 0.201 e. The molecule has 0 bridgehead atoms. The lowest BCUT2D eigenvalue weighted by Crippen LogP contribution is -2.68. The molecule has 3 unspecified atom stereocenters. The summed E-state index contributed by atoms with van der Waals surface area (Å²) in [6.07, 6.45) is 20.3. The molecule has 3 aromatic carbocycles. The molecule has 7 rings (SSSR count). The normalized spacial score (nSPS) is 23.6. The lowest BCUT2D eigenvalue weighted by atomic mass is 9.59. The fourth-order valence-corrected chi connectivity index (χ4v) is 10.1. The van der Waals surface area contributed by atoms with Crippen molar-refractivity contribution in [3.63, 3.8) is 0 Å². The van der Waals surface area contributed by atoms with Crippen molar-refractivity contribution in [2.24, 2.45) is 7.05 Å². The van der Waals surface area contributed by atoms with Crippen LogP contribution in [-0.4, -0.2) is 0 Å². The Balaban J connectivity index is 1.42. The van der Waals surface area contributed by atoms with Gasteiger partial charge < -0.3 is 0 Å². The van der Waals surface area contributed by atoms with Crippen LogP contribution in [0.3, 0.4) is 0 Å². The number of rotatable bonds is 10. The lowest BCUT2D eigenvalue weighted by molar-refractivity contribution is -0.755. The maximum absolute atomic E-state index is 2.70. The third kappa shape index (κ3) is 5.69. The fraction of sp³-hybridized carbons (Fsp3) is 0.429. The Morgan fingerprint density at radius 2 is 1.45 bits per heavy atom. The van der Waals surface area contributed by atoms with E-state index in [1.54, 1.807) is 11.1 Å². The molecule has 0 spiro atoms. The SMILES string of the molecule is CCCCCC1(C)CCC(C)(C)c2cc3c4[n+](ccc3cc21)C(C=CCc1ccccc1-c1cccc[n+]1C)(CC)C(C)(CC)c1ccccc1-4. The van der Waals surface area contributed by atoms with Crippen LogP contribution in [0.15, 0.2) is 109 Å². The minimum absolute atomic E-state index is 0.0864. The third-order valence-corrected chi connectivity index (χ3v) is 13.6. The van der Waals surface area contributed by atoms with Crippen LogP contribution in [0.25, 0.3) is 33.3 Å². The average molecular weight is 677 g/mol. The minimum Gasteiger partial charge on any atom is -0.201 e. The highest BCUT2D eigenvalue weighted by molar-refractivity contribution is 5.96. The molecule has 1 aliphatic carbocycles. The second kappa shape index (κ2) is 13.5. The second-order valence-corrected chi connectivity index (χ2v) is 16.9. The van der Waals surface area contributed by atoms with E-state index in [4.69, 9.17) is 0 Å². The summed E-state index contributed by atoms with van der Waals surface area (Å²) in [5.41, 5.74) is 11.4. The Morgan fingerprint density at radius 1 is 0.706 bits per heavy atom. The first kappa shape index (κ1) is 35.4. The van der Waals surface area contributed by atoms with E-state index in [0.29, 0.717) is 0 Å². The highest BCUT2D eigenvalue weighted by Gasteiger charge is 2.58. The number of hydrogen-bond donors (Lipinski definition) is 0. The standard InChI is InChI=1S/C49H60N2/c1-9-12-18-28-47(6)31-30-46(4,5)42-35-40-37(34-43(42)47)27-33-51-45(40)39-24-15-16-25-41(39)48(7,10-2)49(51,11-3)29-20-22-36-21-13-14-23-38(36)44-26-17-19-32-50(44)8/h13-17,19-21,23-27,29,32-35H,9-12,18,22,28,30-31H2,1-8H3/q+2. The Labute approximate surface area is 308 Å². The van der Waals surface area contributed by atoms with E-state index in [1.165, 1.54) is 82.9 Å². The number of unbranched alkanes of at least 4 members (excludes halogenated alkanes) is 2. The molecule has 0 radical (unpaired) electrons. The van der Waals surface area contributed by atoms with Gasteiger partial charge in [-0.15, -0.1) is 0 Å². The Hall–Kier alpha value is -4.04. The van der Waals surface area contributed by atoms with Gasteiger partial charge in [-0.1, -0.05) is 103 Å². The van der Waals surface area contributed by atoms with Gasteiger partial charge in [-0.05, 0) is 114 Å². The summed E-state index contributed by atoms with van der Waals surface area (Å²) in [6, 6.07) is 32.4. The van der Waals surface area contributed by atoms with Gasteiger partial charge in [0.1, 0.15) is 7.05 Å². The summed E-state index contributed by atoms with van der Waals surface area (Å²) >= 11 is 0. The summed E-state index contributed by atoms with van der Waals surface area (Å²) in [7, 11) is 2.14. The number of nitrogens with zero attached hydrogens (tertiary/aromatic N) is 2. The monoisotopic (exact) mass is 676 g/mol. The largest absolute Gasteiger partial charge is 0.221 e. The molecule has 0 saturated heterocycles. The summed E-state index contributed by atoms with van der Waals surface area (Å²) in [5.74, 6) is 0. The molecule has 51 heavy (non-hydrogen) atoms. The zero-order chi connectivity index (χ0) is 36.0. The first-order chi connectivity index (χ1) is 24.5. The van der Waals surface area contributed by atoms with Crippen LogP contribution < -0.4 is 9.13 Å². The molecule has 0 fully saturated rings. The molecule has 0 amide bonds. The lowest BCUT2D eigenvalue weighted by Gasteiger charge is -2.47. The van der Waals surface area contributed by atoms with Crippen molar-refractivity contribution in [3.05, 3.63) is 132 Å². The molecular weight excluding hydrogens is 617 g/mol. The van der Waals surface area contributed by atoms with Gasteiger partial charge in [0.25, 0.3) is 0 Å². The molecule has 0 N–H and O–H groups in total. The van der Waals surface area contributed by atoms with E-state index in [1.807, 2.05) is 0 Å².